The van der Waals surface area contributed by atoms with Gasteiger partial charge >= 0.3 is 0 Å². The van der Waals surface area contributed by atoms with Crippen molar-refractivity contribution in [2.24, 2.45) is 5.73 Å². The van der Waals surface area contributed by atoms with Gasteiger partial charge in [0.1, 0.15) is 0 Å². The summed E-state index contributed by atoms with van der Waals surface area (Å²) in [7, 11) is 1.37. The number of phenols is 1. The lowest BCUT2D eigenvalue weighted by Crippen LogP contribution is -1.92. The zero-order chi connectivity index (χ0) is 10.6. The molecule has 0 radical (unpaired) electrons. The first-order valence-electron chi connectivity index (χ1n) is 4.12. The zero-order valence-corrected chi connectivity index (χ0v) is 7.83. The van der Waals surface area contributed by atoms with Crippen LogP contribution in [-0.4, -0.2) is 18.8 Å². The monoisotopic (exact) mass is 197 g/mol. The molecule has 0 aliphatic rings. The first-order chi connectivity index (χ1) is 6.69. The van der Waals surface area contributed by atoms with Crippen molar-refractivity contribution in [2.75, 3.05) is 13.7 Å². The maximum Gasteiger partial charge on any atom is 0.194 e. The van der Waals surface area contributed by atoms with E-state index in [0.717, 1.165) is 0 Å². The molecule has 0 atom stereocenters. The molecule has 0 aromatic heterocycles. The molecule has 0 saturated carbocycles. The number of hydrogen-bond donors (Lipinski definition) is 2. The Morgan fingerprint density at radius 2 is 2.29 bits per heavy atom. The second-order valence-electron chi connectivity index (χ2n) is 2.69. The number of phenolic OH excluding ortho intramolecular Hbond substituents is 1. The number of halogens is 1. The highest BCUT2D eigenvalue weighted by molar-refractivity contribution is 5.56. The van der Waals surface area contributed by atoms with E-state index in [9.17, 15) is 9.50 Å². The third-order valence-electron chi connectivity index (χ3n) is 1.72. The van der Waals surface area contributed by atoms with Crippen LogP contribution in [0.15, 0.2) is 18.2 Å². The Morgan fingerprint density at radius 1 is 1.57 bits per heavy atom. The van der Waals surface area contributed by atoms with Gasteiger partial charge in [0.25, 0.3) is 0 Å². The van der Waals surface area contributed by atoms with Crippen LogP contribution < -0.4 is 10.5 Å². The fourth-order valence-electron chi connectivity index (χ4n) is 1.05. The lowest BCUT2D eigenvalue weighted by molar-refractivity contribution is 0.357. The van der Waals surface area contributed by atoms with Gasteiger partial charge in [0.2, 0.25) is 0 Å². The molecule has 0 aliphatic heterocycles. The van der Waals surface area contributed by atoms with Gasteiger partial charge in [0, 0.05) is 6.54 Å². The van der Waals surface area contributed by atoms with E-state index in [1.54, 1.807) is 12.2 Å². The number of nitrogens with two attached hydrogens (primary N) is 1. The lowest BCUT2D eigenvalue weighted by Gasteiger charge is -2.05. The van der Waals surface area contributed by atoms with Gasteiger partial charge in [-0.25, -0.2) is 4.39 Å². The summed E-state index contributed by atoms with van der Waals surface area (Å²) in [6.45, 7) is 0.380. The molecular formula is C10H12FNO2. The highest BCUT2D eigenvalue weighted by Gasteiger charge is 2.08. The number of benzene rings is 1. The third-order valence-corrected chi connectivity index (χ3v) is 1.72. The molecule has 14 heavy (non-hydrogen) atoms. The third kappa shape index (κ3) is 2.23. The molecule has 1 aromatic rings. The highest BCUT2D eigenvalue weighted by atomic mass is 19.1. The largest absolute Gasteiger partial charge is 0.502 e. The van der Waals surface area contributed by atoms with Crippen LogP contribution in [0.4, 0.5) is 4.39 Å². The molecule has 3 N–H and O–H groups in total. The van der Waals surface area contributed by atoms with E-state index < -0.39 is 11.6 Å². The van der Waals surface area contributed by atoms with E-state index >= 15 is 0 Å². The van der Waals surface area contributed by atoms with Crippen molar-refractivity contribution in [1.82, 2.24) is 0 Å². The van der Waals surface area contributed by atoms with Crippen LogP contribution in [0, 0.1) is 5.82 Å². The van der Waals surface area contributed by atoms with Gasteiger partial charge in [-0.2, -0.15) is 0 Å². The molecule has 4 heteroatoms. The zero-order valence-electron chi connectivity index (χ0n) is 7.83. The summed E-state index contributed by atoms with van der Waals surface area (Å²) in [5, 5.41) is 9.20. The fraction of sp³-hybridized carbons (Fsp3) is 0.200. The van der Waals surface area contributed by atoms with Crippen LogP contribution in [0.3, 0.4) is 0 Å². The second-order valence-corrected chi connectivity index (χ2v) is 2.69. The number of aromatic hydroxyl groups is 1. The van der Waals surface area contributed by atoms with Crippen molar-refractivity contribution < 1.29 is 14.2 Å². The van der Waals surface area contributed by atoms with Gasteiger partial charge in [-0.1, -0.05) is 12.2 Å². The normalized spacial score (nSPS) is 10.8. The first-order valence-corrected chi connectivity index (χ1v) is 4.12. The Kier molecular flexibility index (Phi) is 3.48. The van der Waals surface area contributed by atoms with Gasteiger partial charge in [-0.3, -0.25) is 0 Å². The number of ether oxygens (including phenoxy) is 1. The Hall–Kier alpha value is -1.55. The van der Waals surface area contributed by atoms with Crippen molar-refractivity contribution in [3.63, 3.8) is 0 Å². The first kappa shape index (κ1) is 10.5. The van der Waals surface area contributed by atoms with Gasteiger partial charge < -0.3 is 15.6 Å². The van der Waals surface area contributed by atoms with E-state index in [0.29, 0.717) is 12.1 Å². The molecule has 0 heterocycles. The van der Waals surface area contributed by atoms with Crippen LogP contribution in [0.25, 0.3) is 6.08 Å². The van der Waals surface area contributed by atoms with Crippen LogP contribution in [-0.2, 0) is 0 Å². The van der Waals surface area contributed by atoms with Crippen molar-refractivity contribution in [3.8, 4) is 11.5 Å². The summed E-state index contributed by atoms with van der Waals surface area (Å²) < 4.78 is 17.9. The molecular weight excluding hydrogens is 185 g/mol. The Bertz CT molecular complexity index is 350. The van der Waals surface area contributed by atoms with Gasteiger partial charge in [-0.15, -0.1) is 0 Å². The average Bonchev–Trinajstić information content (AvgIpc) is 2.19. The number of hydrogen-bond acceptors (Lipinski definition) is 3. The minimum Gasteiger partial charge on any atom is -0.502 e. The van der Waals surface area contributed by atoms with Crippen LogP contribution in [0.5, 0.6) is 11.5 Å². The summed E-state index contributed by atoms with van der Waals surface area (Å²) in [6, 6.07) is 2.74. The van der Waals surface area contributed by atoms with Gasteiger partial charge in [0.15, 0.2) is 17.3 Å². The maximum atomic E-state index is 13.1. The van der Waals surface area contributed by atoms with Crippen molar-refractivity contribution >= 4 is 6.08 Å². The minimum atomic E-state index is -0.707. The minimum absolute atomic E-state index is 0.113. The SMILES string of the molecule is COc1cc(/C=C/CN)cc(F)c1O. The summed E-state index contributed by atoms with van der Waals surface area (Å²) in [5.41, 5.74) is 5.85. The number of methoxy groups -OCH3 is 1. The summed E-state index contributed by atoms with van der Waals surface area (Å²) >= 11 is 0. The predicted molar refractivity (Wildman–Crippen MR) is 52.7 cm³/mol. The molecule has 0 saturated heterocycles. The number of rotatable bonds is 3. The maximum absolute atomic E-state index is 13.1. The molecule has 0 bridgehead atoms. The van der Waals surface area contributed by atoms with E-state index in [4.69, 9.17) is 10.5 Å². The van der Waals surface area contributed by atoms with E-state index in [1.807, 2.05) is 0 Å². The molecule has 1 aromatic carbocycles. The Labute approximate surface area is 81.6 Å². The smallest absolute Gasteiger partial charge is 0.194 e. The summed E-state index contributed by atoms with van der Waals surface area (Å²) in [5.74, 6) is -1.07. The van der Waals surface area contributed by atoms with Gasteiger partial charge in [-0.05, 0) is 17.7 Å². The Balaban J connectivity index is 3.09. The Morgan fingerprint density at radius 3 is 2.86 bits per heavy atom. The van der Waals surface area contributed by atoms with E-state index in [2.05, 4.69) is 0 Å². The van der Waals surface area contributed by atoms with Gasteiger partial charge in [0.05, 0.1) is 7.11 Å². The molecule has 0 aliphatic carbocycles. The fourth-order valence-corrected chi connectivity index (χ4v) is 1.05. The highest BCUT2D eigenvalue weighted by Crippen LogP contribution is 2.30. The van der Waals surface area contributed by atoms with Crippen LogP contribution >= 0.6 is 0 Å². The van der Waals surface area contributed by atoms with Crippen LogP contribution in [0.1, 0.15) is 5.56 Å². The average molecular weight is 197 g/mol. The molecule has 0 fully saturated rings. The van der Waals surface area contributed by atoms with E-state index in [1.165, 1.54) is 19.2 Å². The molecule has 0 amide bonds. The lowest BCUT2D eigenvalue weighted by atomic mass is 10.2. The molecule has 3 nitrogen and oxygen atoms in total. The predicted octanol–water partition coefficient (Wildman–Crippen LogP) is 1.51. The second kappa shape index (κ2) is 4.62. The van der Waals surface area contributed by atoms with E-state index in [-0.39, 0.29) is 5.75 Å². The molecule has 76 valence electrons. The topological polar surface area (TPSA) is 55.5 Å². The molecule has 1 rings (SSSR count). The molecule has 0 spiro atoms. The summed E-state index contributed by atoms with van der Waals surface area (Å²) in [4.78, 5) is 0. The standard InChI is InChI=1S/C10H12FNO2/c1-14-9-6-7(3-2-4-12)5-8(11)10(9)13/h2-3,5-6,13H,4,12H2,1H3/b3-2+. The van der Waals surface area contributed by atoms with Crippen molar-refractivity contribution in [1.29, 1.82) is 0 Å². The quantitative estimate of drug-likeness (QED) is 0.772. The van der Waals surface area contributed by atoms with Crippen molar-refractivity contribution in [2.45, 2.75) is 0 Å². The summed E-state index contributed by atoms with van der Waals surface area (Å²) in [6.07, 6.45) is 3.34. The van der Waals surface area contributed by atoms with Crippen LogP contribution in [0.2, 0.25) is 0 Å². The van der Waals surface area contributed by atoms with Crippen molar-refractivity contribution in [3.05, 3.63) is 29.6 Å². The molecule has 0 unspecified atom stereocenters.